The normalized spacial score (nSPS) is 16.1. The average molecular weight is 351 g/mol. The molecule has 0 atom stereocenters. The third-order valence-electron chi connectivity index (χ3n) is 4.60. The van der Waals surface area contributed by atoms with Crippen LogP contribution in [0.3, 0.4) is 0 Å². The first-order valence-electron chi connectivity index (χ1n) is 8.81. The molecule has 4 rings (SSSR count). The van der Waals surface area contributed by atoms with Crippen molar-refractivity contribution in [2.75, 3.05) is 13.1 Å². The first kappa shape index (κ1) is 16.8. The summed E-state index contributed by atoms with van der Waals surface area (Å²) in [6.07, 6.45) is 3.17. The average Bonchev–Trinajstić information content (AvgIpc) is 3.12. The van der Waals surface area contributed by atoms with Crippen molar-refractivity contribution in [1.29, 1.82) is 0 Å². The van der Waals surface area contributed by atoms with E-state index in [9.17, 15) is 5.11 Å². The second-order valence-electron chi connectivity index (χ2n) is 6.59. The molecule has 0 unspecified atom stereocenters. The molecule has 1 fully saturated rings. The van der Waals surface area contributed by atoms with E-state index in [1.807, 2.05) is 37.3 Å². The largest absolute Gasteiger partial charge is 0.393 e. The number of piperidine rings is 1. The van der Waals surface area contributed by atoms with Crippen LogP contribution in [0.2, 0.25) is 0 Å². The second-order valence-corrected chi connectivity index (χ2v) is 6.59. The number of aliphatic hydroxyl groups is 1. The van der Waals surface area contributed by atoms with Crippen LogP contribution in [0.4, 0.5) is 0 Å². The molecule has 0 amide bonds. The van der Waals surface area contributed by atoms with Gasteiger partial charge in [0.2, 0.25) is 11.7 Å². The minimum absolute atomic E-state index is 0.179. The molecule has 7 nitrogen and oxygen atoms in total. The molecule has 0 aliphatic carbocycles. The van der Waals surface area contributed by atoms with Crippen molar-refractivity contribution in [2.45, 2.75) is 32.4 Å². The van der Waals surface area contributed by atoms with Crippen LogP contribution in [0.25, 0.3) is 22.6 Å². The molecule has 1 aliphatic heterocycles. The first-order valence-corrected chi connectivity index (χ1v) is 8.81. The monoisotopic (exact) mass is 351 g/mol. The molecule has 2 aromatic heterocycles. The lowest BCUT2D eigenvalue weighted by molar-refractivity contribution is 0.0740. The van der Waals surface area contributed by atoms with Crippen LogP contribution >= 0.6 is 0 Å². The molecule has 26 heavy (non-hydrogen) atoms. The van der Waals surface area contributed by atoms with Gasteiger partial charge in [0.1, 0.15) is 5.82 Å². The van der Waals surface area contributed by atoms with E-state index in [1.165, 1.54) is 0 Å². The molecule has 0 saturated carbocycles. The van der Waals surface area contributed by atoms with Crippen LogP contribution in [0, 0.1) is 6.92 Å². The predicted molar refractivity (Wildman–Crippen MR) is 96.0 cm³/mol. The maximum absolute atomic E-state index is 9.58. The number of likely N-dealkylation sites (tertiary alicyclic amines) is 1. The topological polar surface area (TPSA) is 88.2 Å². The number of hydrogen-bond acceptors (Lipinski definition) is 7. The van der Waals surface area contributed by atoms with Crippen molar-refractivity contribution < 1.29 is 9.63 Å². The van der Waals surface area contributed by atoms with Gasteiger partial charge in [0.15, 0.2) is 0 Å². The highest BCUT2D eigenvalue weighted by Crippen LogP contribution is 2.22. The fourth-order valence-corrected chi connectivity index (χ4v) is 3.11. The first-order chi connectivity index (χ1) is 12.7. The van der Waals surface area contributed by atoms with E-state index in [2.05, 4.69) is 25.0 Å². The Hall–Kier alpha value is -2.64. The van der Waals surface area contributed by atoms with E-state index < -0.39 is 0 Å². The predicted octanol–water partition coefficient (Wildman–Crippen LogP) is 2.46. The Morgan fingerprint density at radius 1 is 1.08 bits per heavy atom. The highest BCUT2D eigenvalue weighted by atomic mass is 16.5. The van der Waals surface area contributed by atoms with E-state index in [1.54, 1.807) is 6.20 Å². The summed E-state index contributed by atoms with van der Waals surface area (Å²) in [4.78, 5) is 15.3. The molecule has 1 aliphatic rings. The highest BCUT2D eigenvalue weighted by Gasteiger charge is 2.19. The minimum atomic E-state index is -0.179. The fraction of sp³-hybridized carbons (Fsp3) is 0.368. The Labute approximate surface area is 151 Å². The molecule has 3 heterocycles. The third-order valence-corrected chi connectivity index (χ3v) is 4.60. The molecular weight excluding hydrogens is 330 g/mol. The summed E-state index contributed by atoms with van der Waals surface area (Å²) in [7, 11) is 0. The van der Waals surface area contributed by atoms with Crippen molar-refractivity contribution >= 4 is 0 Å². The van der Waals surface area contributed by atoms with E-state index in [0.717, 1.165) is 48.6 Å². The number of nitrogens with zero attached hydrogens (tertiary/aromatic N) is 5. The summed E-state index contributed by atoms with van der Waals surface area (Å²) < 4.78 is 5.39. The molecule has 7 heteroatoms. The van der Waals surface area contributed by atoms with Crippen molar-refractivity contribution in [2.24, 2.45) is 0 Å². The van der Waals surface area contributed by atoms with Crippen LogP contribution in [0.1, 0.15) is 24.6 Å². The highest BCUT2D eigenvalue weighted by molar-refractivity contribution is 5.64. The van der Waals surface area contributed by atoms with Gasteiger partial charge in [-0.05, 0) is 25.8 Å². The van der Waals surface area contributed by atoms with Crippen LogP contribution < -0.4 is 0 Å². The van der Waals surface area contributed by atoms with Gasteiger partial charge >= 0.3 is 0 Å². The van der Waals surface area contributed by atoms with E-state index in [4.69, 9.17) is 4.52 Å². The molecule has 0 bridgehead atoms. The lowest BCUT2D eigenvalue weighted by Gasteiger charge is -2.27. The van der Waals surface area contributed by atoms with Gasteiger partial charge in [0, 0.05) is 30.4 Å². The van der Waals surface area contributed by atoms with Gasteiger partial charge in [0.25, 0.3) is 0 Å². The van der Waals surface area contributed by atoms with Crippen LogP contribution in [-0.4, -0.2) is 49.3 Å². The smallest absolute Gasteiger partial charge is 0.241 e. The summed E-state index contributed by atoms with van der Waals surface area (Å²) in [6.45, 7) is 4.21. The SMILES string of the molecule is Cc1nccc(-c2ccc(-c3noc(CN4CCC(O)CC4)n3)cc2)n1. The van der Waals surface area contributed by atoms with Gasteiger partial charge in [-0.2, -0.15) is 4.98 Å². The fourth-order valence-electron chi connectivity index (χ4n) is 3.11. The molecule has 0 spiro atoms. The standard InChI is InChI=1S/C19H21N5O2/c1-13-20-9-6-17(21-13)14-2-4-15(5-3-14)19-22-18(26-23-19)12-24-10-7-16(25)8-11-24/h2-6,9,16,25H,7-8,10-12H2,1H3. The van der Waals surface area contributed by atoms with Gasteiger partial charge < -0.3 is 9.63 Å². The molecule has 0 radical (unpaired) electrons. The molecule has 3 aromatic rings. The summed E-state index contributed by atoms with van der Waals surface area (Å²) in [5, 5.41) is 13.7. The summed E-state index contributed by atoms with van der Waals surface area (Å²) in [6, 6.07) is 9.83. The van der Waals surface area contributed by atoms with E-state index >= 15 is 0 Å². The summed E-state index contributed by atoms with van der Waals surface area (Å²) in [5.41, 5.74) is 2.82. The van der Waals surface area contributed by atoms with Crippen molar-refractivity contribution in [3.8, 4) is 22.6 Å². The molecule has 134 valence electrons. The molecule has 1 aromatic carbocycles. The Balaban J connectivity index is 1.46. The van der Waals surface area contributed by atoms with Gasteiger partial charge in [-0.3, -0.25) is 4.90 Å². The zero-order chi connectivity index (χ0) is 17.9. The van der Waals surface area contributed by atoms with Crippen LogP contribution in [0.15, 0.2) is 41.1 Å². The van der Waals surface area contributed by atoms with Crippen molar-refractivity contribution in [1.82, 2.24) is 25.0 Å². The zero-order valence-corrected chi connectivity index (χ0v) is 14.7. The Bertz CT molecular complexity index is 870. The van der Waals surface area contributed by atoms with Crippen LogP contribution in [-0.2, 0) is 6.54 Å². The Morgan fingerprint density at radius 3 is 2.54 bits per heavy atom. The van der Waals surface area contributed by atoms with Gasteiger partial charge in [-0.15, -0.1) is 0 Å². The maximum Gasteiger partial charge on any atom is 0.241 e. The van der Waals surface area contributed by atoms with Crippen molar-refractivity contribution in [3.05, 3.63) is 48.2 Å². The minimum Gasteiger partial charge on any atom is -0.393 e. The summed E-state index contributed by atoms with van der Waals surface area (Å²) >= 11 is 0. The lowest BCUT2D eigenvalue weighted by atomic mass is 10.1. The van der Waals surface area contributed by atoms with Crippen LogP contribution in [0.5, 0.6) is 0 Å². The van der Waals surface area contributed by atoms with E-state index in [-0.39, 0.29) is 6.10 Å². The Morgan fingerprint density at radius 2 is 1.81 bits per heavy atom. The third kappa shape index (κ3) is 3.79. The van der Waals surface area contributed by atoms with Gasteiger partial charge in [-0.25, -0.2) is 9.97 Å². The number of hydrogen-bond donors (Lipinski definition) is 1. The van der Waals surface area contributed by atoms with Crippen molar-refractivity contribution in [3.63, 3.8) is 0 Å². The van der Waals surface area contributed by atoms with E-state index in [0.29, 0.717) is 18.3 Å². The second kappa shape index (κ2) is 7.31. The Kier molecular flexibility index (Phi) is 4.73. The number of aromatic nitrogens is 4. The number of benzene rings is 1. The maximum atomic E-state index is 9.58. The lowest BCUT2D eigenvalue weighted by Crippen LogP contribution is -2.35. The number of aliphatic hydroxyl groups excluding tert-OH is 1. The molecule has 1 N–H and O–H groups in total. The number of rotatable bonds is 4. The molecule has 1 saturated heterocycles. The summed E-state index contributed by atoms with van der Waals surface area (Å²) in [5.74, 6) is 1.94. The number of aryl methyl sites for hydroxylation is 1. The quantitative estimate of drug-likeness (QED) is 0.772. The van der Waals surface area contributed by atoms with Gasteiger partial charge in [-0.1, -0.05) is 29.4 Å². The van der Waals surface area contributed by atoms with Gasteiger partial charge in [0.05, 0.1) is 18.3 Å². The zero-order valence-electron chi connectivity index (χ0n) is 14.7. The molecular formula is C19H21N5O2.